The number of carbonyl (C=O) groups excluding carboxylic acids is 4. The standard InChI is InChI=1S/C32H35N7O8/c1-38-17-26(37-28(38)29(41)34-18-9-10-23-22(13-18)35-30(47-23)32(43)45-3)36-27(40)8-6-12-46-25-15-21-20(14-24(25)44-2)31(42)39-11-5-4-7-19(39)16-33-21/h9-10,13-15,17,19,33H,4-8,11-12,16H2,1-3H3,(H,34,41)(H,36,40)/t19-/m0/s1. The highest BCUT2D eigenvalue weighted by molar-refractivity contribution is 6.03. The first kappa shape index (κ1) is 31.4. The third kappa shape index (κ3) is 6.68. The number of carbonyl (C=O) groups is 4. The van der Waals surface area contributed by atoms with Crippen molar-refractivity contribution in [2.24, 2.45) is 7.05 Å². The van der Waals surface area contributed by atoms with Gasteiger partial charge in [-0.1, -0.05) is 0 Å². The van der Waals surface area contributed by atoms with Crippen LogP contribution in [-0.4, -0.2) is 83.1 Å². The van der Waals surface area contributed by atoms with Crippen molar-refractivity contribution in [3.63, 3.8) is 0 Å². The van der Waals surface area contributed by atoms with Gasteiger partial charge in [-0.3, -0.25) is 14.4 Å². The van der Waals surface area contributed by atoms with Crippen molar-refractivity contribution in [3.8, 4) is 11.5 Å². The van der Waals surface area contributed by atoms with E-state index >= 15 is 0 Å². The normalized spacial score (nSPS) is 15.6. The maximum atomic E-state index is 13.2. The van der Waals surface area contributed by atoms with Gasteiger partial charge in [0.25, 0.3) is 11.8 Å². The zero-order chi connectivity index (χ0) is 33.1. The molecular weight excluding hydrogens is 610 g/mol. The number of nitrogens with zero attached hydrogens (tertiary/aromatic N) is 4. The lowest BCUT2D eigenvalue weighted by molar-refractivity contribution is -0.116. The molecule has 0 aliphatic carbocycles. The summed E-state index contributed by atoms with van der Waals surface area (Å²) in [5.41, 5.74) is 2.40. The van der Waals surface area contributed by atoms with Crippen LogP contribution in [-0.2, 0) is 16.6 Å². The summed E-state index contributed by atoms with van der Waals surface area (Å²) in [4.78, 5) is 60.8. The van der Waals surface area contributed by atoms with E-state index in [9.17, 15) is 19.2 Å². The van der Waals surface area contributed by atoms with E-state index in [1.165, 1.54) is 25.0 Å². The molecule has 4 aromatic rings. The minimum absolute atomic E-state index is 0.00463. The van der Waals surface area contributed by atoms with Gasteiger partial charge in [0.15, 0.2) is 22.9 Å². The predicted molar refractivity (Wildman–Crippen MR) is 170 cm³/mol. The monoisotopic (exact) mass is 645 g/mol. The van der Waals surface area contributed by atoms with E-state index in [-0.39, 0.29) is 48.4 Å². The second-order valence-corrected chi connectivity index (χ2v) is 11.3. The Balaban J connectivity index is 1.01. The molecule has 15 heteroatoms. The number of piperidine rings is 1. The number of hydrogen-bond acceptors (Lipinski definition) is 11. The number of benzene rings is 2. The molecule has 0 spiro atoms. The van der Waals surface area contributed by atoms with E-state index in [0.717, 1.165) is 25.8 Å². The van der Waals surface area contributed by atoms with Crippen molar-refractivity contribution < 1.29 is 37.8 Å². The number of ether oxygens (including phenoxy) is 3. The van der Waals surface area contributed by atoms with Crippen LogP contribution in [0.3, 0.4) is 0 Å². The lowest BCUT2D eigenvalue weighted by atomic mass is 10.0. The van der Waals surface area contributed by atoms with Gasteiger partial charge in [-0.2, -0.15) is 0 Å². The van der Waals surface area contributed by atoms with E-state index in [1.54, 1.807) is 37.4 Å². The molecule has 2 aromatic heterocycles. The SMILES string of the molecule is COC(=O)c1nc2cc(NC(=O)c3nc(NC(=O)CCCOc4cc5c(cc4OC)C(=O)N4CCCC[C@H]4CN5)cn3C)ccc2o1. The lowest BCUT2D eigenvalue weighted by Crippen LogP contribution is -2.45. The van der Waals surface area contributed by atoms with Crippen molar-refractivity contribution >= 4 is 52.0 Å². The summed E-state index contributed by atoms with van der Waals surface area (Å²) in [5.74, 6) is -0.497. The van der Waals surface area contributed by atoms with E-state index < -0.39 is 11.9 Å². The number of aryl methyl sites for hydroxylation is 1. The Morgan fingerprint density at radius 1 is 1.09 bits per heavy atom. The first-order chi connectivity index (χ1) is 22.7. The fourth-order valence-electron chi connectivity index (χ4n) is 5.74. The molecule has 3 amide bonds. The summed E-state index contributed by atoms with van der Waals surface area (Å²) < 4.78 is 23.0. The molecule has 246 valence electrons. The Bertz CT molecular complexity index is 1850. The Labute approximate surface area is 269 Å². The molecule has 0 radical (unpaired) electrons. The molecular formula is C32H35N7O8. The average Bonchev–Trinajstić information content (AvgIpc) is 3.63. The molecule has 3 N–H and O–H groups in total. The van der Waals surface area contributed by atoms with Gasteiger partial charge in [0, 0.05) is 50.6 Å². The van der Waals surface area contributed by atoms with Crippen molar-refractivity contribution in [3.05, 3.63) is 53.8 Å². The molecule has 4 heterocycles. The van der Waals surface area contributed by atoms with Crippen molar-refractivity contribution in [2.75, 3.05) is 49.9 Å². The zero-order valence-electron chi connectivity index (χ0n) is 26.3. The highest BCUT2D eigenvalue weighted by Gasteiger charge is 2.32. The Morgan fingerprint density at radius 3 is 2.74 bits per heavy atom. The number of esters is 1. The largest absolute Gasteiger partial charge is 0.493 e. The number of oxazole rings is 1. The zero-order valence-corrected chi connectivity index (χ0v) is 26.3. The number of hydrogen-bond donors (Lipinski definition) is 3. The van der Waals surface area contributed by atoms with Crippen LogP contribution in [0.1, 0.15) is 63.8 Å². The van der Waals surface area contributed by atoms with Gasteiger partial charge in [0.2, 0.25) is 11.7 Å². The van der Waals surface area contributed by atoms with Gasteiger partial charge < -0.3 is 44.0 Å². The maximum Gasteiger partial charge on any atom is 0.394 e. The third-order valence-electron chi connectivity index (χ3n) is 8.11. The topological polar surface area (TPSA) is 179 Å². The van der Waals surface area contributed by atoms with Crippen LogP contribution in [0.15, 0.2) is 40.9 Å². The number of rotatable bonds is 10. The highest BCUT2D eigenvalue weighted by Crippen LogP contribution is 2.37. The number of nitrogens with one attached hydrogen (secondary N) is 3. The molecule has 15 nitrogen and oxygen atoms in total. The number of aromatic nitrogens is 3. The van der Waals surface area contributed by atoms with Crippen LogP contribution in [0.4, 0.5) is 17.2 Å². The first-order valence-electron chi connectivity index (χ1n) is 15.3. The molecule has 2 aliphatic rings. The molecule has 1 fully saturated rings. The fraction of sp³-hybridized carbons (Fsp3) is 0.375. The summed E-state index contributed by atoms with van der Waals surface area (Å²) in [7, 11) is 4.39. The Kier molecular flexibility index (Phi) is 8.95. The smallest absolute Gasteiger partial charge is 0.394 e. The molecule has 1 saturated heterocycles. The third-order valence-corrected chi connectivity index (χ3v) is 8.11. The van der Waals surface area contributed by atoms with Crippen LogP contribution >= 0.6 is 0 Å². The van der Waals surface area contributed by atoms with E-state index in [2.05, 4.69) is 30.7 Å². The molecule has 1 atom stereocenters. The summed E-state index contributed by atoms with van der Waals surface area (Å²) in [6, 6.07) is 8.39. The maximum absolute atomic E-state index is 13.2. The second kappa shape index (κ2) is 13.4. The van der Waals surface area contributed by atoms with Gasteiger partial charge >= 0.3 is 11.9 Å². The van der Waals surface area contributed by atoms with Gasteiger partial charge in [-0.25, -0.2) is 14.8 Å². The van der Waals surface area contributed by atoms with Crippen molar-refractivity contribution in [2.45, 2.75) is 38.1 Å². The van der Waals surface area contributed by atoms with Crippen LogP contribution in [0.5, 0.6) is 11.5 Å². The van der Waals surface area contributed by atoms with Gasteiger partial charge in [-0.15, -0.1) is 0 Å². The highest BCUT2D eigenvalue weighted by atomic mass is 16.5. The Hall–Kier alpha value is -5.60. The van der Waals surface area contributed by atoms with Crippen molar-refractivity contribution in [1.29, 1.82) is 0 Å². The van der Waals surface area contributed by atoms with Gasteiger partial charge in [0.1, 0.15) is 5.52 Å². The summed E-state index contributed by atoms with van der Waals surface area (Å²) in [5, 5.41) is 8.85. The number of methoxy groups -OCH3 is 2. The molecule has 0 bridgehead atoms. The molecule has 47 heavy (non-hydrogen) atoms. The van der Waals surface area contributed by atoms with Crippen LogP contribution in [0, 0.1) is 0 Å². The number of amides is 3. The quantitative estimate of drug-likeness (QED) is 0.169. The van der Waals surface area contributed by atoms with Crippen molar-refractivity contribution in [1.82, 2.24) is 19.4 Å². The minimum Gasteiger partial charge on any atom is -0.493 e. The van der Waals surface area contributed by atoms with Crippen LogP contribution < -0.4 is 25.4 Å². The average molecular weight is 646 g/mol. The number of anilines is 3. The van der Waals surface area contributed by atoms with Gasteiger partial charge in [-0.05, 0) is 49.9 Å². The Morgan fingerprint density at radius 2 is 1.94 bits per heavy atom. The van der Waals surface area contributed by atoms with Gasteiger partial charge in [0.05, 0.1) is 32.1 Å². The molecule has 2 aromatic carbocycles. The second-order valence-electron chi connectivity index (χ2n) is 11.3. The predicted octanol–water partition coefficient (Wildman–Crippen LogP) is 3.83. The van der Waals surface area contributed by atoms with Crippen LogP contribution in [0.25, 0.3) is 11.1 Å². The summed E-state index contributed by atoms with van der Waals surface area (Å²) in [6.45, 7) is 1.67. The summed E-state index contributed by atoms with van der Waals surface area (Å²) >= 11 is 0. The first-order valence-corrected chi connectivity index (χ1v) is 15.3. The number of fused-ring (bicyclic) bond motifs is 3. The molecule has 6 rings (SSSR count). The number of imidazole rings is 1. The summed E-state index contributed by atoms with van der Waals surface area (Å²) in [6.07, 6.45) is 5.17. The lowest BCUT2D eigenvalue weighted by Gasteiger charge is -2.34. The van der Waals surface area contributed by atoms with E-state index in [1.807, 2.05) is 4.90 Å². The van der Waals surface area contributed by atoms with Crippen LogP contribution in [0.2, 0.25) is 0 Å². The molecule has 0 saturated carbocycles. The fourth-order valence-corrected chi connectivity index (χ4v) is 5.74. The van der Waals surface area contributed by atoms with E-state index in [0.29, 0.717) is 52.5 Å². The molecule has 0 unspecified atom stereocenters. The minimum atomic E-state index is -0.710. The van der Waals surface area contributed by atoms with E-state index in [4.69, 9.17) is 13.9 Å². The molecule has 2 aliphatic heterocycles.